The number of nitriles is 1. The molecule has 0 atom stereocenters. The lowest BCUT2D eigenvalue weighted by Gasteiger charge is -2.24. The Hall–Kier alpha value is -4.89. The number of aromatic nitrogens is 1. The number of hydrogen-bond donors (Lipinski definition) is 1. The Morgan fingerprint density at radius 1 is 1.10 bits per heavy atom. The molecule has 12 heteroatoms. The topological polar surface area (TPSA) is 154 Å². The number of anilines is 1. The predicted molar refractivity (Wildman–Crippen MR) is 147 cm³/mol. The van der Waals surface area contributed by atoms with Gasteiger partial charge in [-0.2, -0.15) is 5.26 Å². The number of aryl methyl sites for hydroxylation is 1. The molecule has 0 amide bonds. The van der Waals surface area contributed by atoms with E-state index in [1.54, 1.807) is 6.07 Å². The SMILES string of the molecule is N#CCCN(CCOc1ccc(CCC(=O)O)cc1)c1ccc(/N=N/c2nc3ccc([N+](=O)[O-])cc3s2)cc1. The molecule has 1 heterocycles. The molecule has 0 aliphatic carbocycles. The number of aliphatic carboxylic acids is 1. The van der Waals surface area contributed by atoms with E-state index in [1.807, 2.05) is 53.4 Å². The van der Waals surface area contributed by atoms with E-state index in [0.29, 0.717) is 59.3 Å². The van der Waals surface area contributed by atoms with E-state index in [4.69, 9.17) is 15.1 Å². The largest absolute Gasteiger partial charge is 0.492 e. The van der Waals surface area contributed by atoms with Crippen LogP contribution in [0.1, 0.15) is 18.4 Å². The molecule has 0 fully saturated rings. The molecule has 4 rings (SSSR count). The number of fused-ring (bicyclic) bond motifs is 1. The third-order valence-electron chi connectivity index (χ3n) is 5.71. The van der Waals surface area contributed by atoms with Crippen molar-refractivity contribution in [3.8, 4) is 11.8 Å². The number of nitro benzene ring substituents is 1. The van der Waals surface area contributed by atoms with Crippen LogP contribution in [-0.4, -0.2) is 40.7 Å². The average Bonchev–Trinajstić information content (AvgIpc) is 3.36. The fourth-order valence-electron chi connectivity index (χ4n) is 3.72. The zero-order valence-corrected chi connectivity index (χ0v) is 21.6. The summed E-state index contributed by atoms with van der Waals surface area (Å²) in [4.78, 5) is 27.6. The third-order valence-corrected chi connectivity index (χ3v) is 6.61. The standard InChI is InChI=1S/C27H24N6O5S/c28-14-1-15-32(16-17-38-23-10-2-19(3-11-23)4-13-26(34)35)21-7-5-20(6-8-21)30-31-27-29-24-12-9-22(33(36)37)18-25(24)39-27/h2-3,5-12,18H,1,4,13,15-17H2,(H,34,35)/b31-30+. The van der Waals surface area contributed by atoms with Crippen molar-refractivity contribution in [2.75, 3.05) is 24.6 Å². The van der Waals surface area contributed by atoms with Crippen molar-refractivity contribution in [3.05, 3.63) is 82.4 Å². The molecule has 0 spiro atoms. The van der Waals surface area contributed by atoms with Crippen LogP contribution in [0.4, 0.5) is 22.2 Å². The van der Waals surface area contributed by atoms with E-state index >= 15 is 0 Å². The number of nitro groups is 1. The van der Waals surface area contributed by atoms with Gasteiger partial charge in [0.05, 0.1) is 39.9 Å². The molecule has 0 radical (unpaired) electrons. The second-order valence-electron chi connectivity index (χ2n) is 8.40. The van der Waals surface area contributed by atoms with Crippen molar-refractivity contribution in [3.63, 3.8) is 0 Å². The summed E-state index contributed by atoms with van der Waals surface area (Å²) in [6.07, 6.45) is 0.914. The van der Waals surface area contributed by atoms with Crippen molar-refractivity contribution < 1.29 is 19.6 Å². The van der Waals surface area contributed by atoms with E-state index in [1.165, 1.54) is 23.5 Å². The van der Waals surface area contributed by atoms with Gasteiger partial charge in [-0.15, -0.1) is 10.2 Å². The predicted octanol–water partition coefficient (Wildman–Crippen LogP) is 6.44. The van der Waals surface area contributed by atoms with Crippen molar-refractivity contribution >= 4 is 49.7 Å². The van der Waals surface area contributed by atoms with E-state index < -0.39 is 10.9 Å². The van der Waals surface area contributed by atoms with Gasteiger partial charge in [0, 0.05) is 30.8 Å². The number of carboxylic acid groups (broad SMARTS) is 1. The average molecular weight is 545 g/mol. The molecule has 11 nitrogen and oxygen atoms in total. The number of benzene rings is 3. The van der Waals surface area contributed by atoms with Crippen LogP contribution < -0.4 is 9.64 Å². The van der Waals surface area contributed by atoms with Crippen LogP contribution in [-0.2, 0) is 11.2 Å². The number of nitrogens with zero attached hydrogens (tertiary/aromatic N) is 6. The van der Waals surface area contributed by atoms with Gasteiger partial charge in [-0.1, -0.05) is 23.5 Å². The highest BCUT2D eigenvalue weighted by Gasteiger charge is 2.11. The lowest BCUT2D eigenvalue weighted by molar-refractivity contribution is -0.384. The van der Waals surface area contributed by atoms with Gasteiger partial charge in [-0.3, -0.25) is 14.9 Å². The fourth-order valence-corrected chi connectivity index (χ4v) is 4.54. The van der Waals surface area contributed by atoms with E-state index in [9.17, 15) is 14.9 Å². The van der Waals surface area contributed by atoms with Crippen LogP contribution in [0.3, 0.4) is 0 Å². The molecule has 0 saturated carbocycles. The van der Waals surface area contributed by atoms with Gasteiger partial charge in [0.1, 0.15) is 12.4 Å². The number of carbonyl (C=O) groups is 1. The second-order valence-corrected chi connectivity index (χ2v) is 9.41. The van der Waals surface area contributed by atoms with Gasteiger partial charge >= 0.3 is 5.97 Å². The van der Waals surface area contributed by atoms with Crippen LogP contribution in [0.5, 0.6) is 5.75 Å². The van der Waals surface area contributed by atoms with Crippen molar-refractivity contribution in [2.45, 2.75) is 19.3 Å². The summed E-state index contributed by atoms with van der Waals surface area (Å²) in [5.41, 5.74) is 3.08. The molecule has 3 aromatic carbocycles. The number of non-ortho nitro benzene ring substituents is 1. The van der Waals surface area contributed by atoms with Crippen molar-refractivity contribution in [1.82, 2.24) is 4.98 Å². The molecule has 1 aromatic heterocycles. The van der Waals surface area contributed by atoms with Crippen molar-refractivity contribution in [2.24, 2.45) is 10.2 Å². The normalized spacial score (nSPS) is 10.9. The monoisotopic (exact) mass is 544 g/mol. The van der Waals surface area contributed by atoms with Gasteiger partial charge < -0.3 is 14.7 Å². The minimum atomic E-state index is -0.827. The summed E-state index contributed by atoms with van der Waals surface area (Å²) in [7, 11) is 0. The molecule has 0 aliphatic heterocycles. The maximum atomic E-state index is 11.0. The Kier molecular flexibility index (Phi) is 9.10. The van der Waals surface area contributed by atoms with Gasteiger partial charge in [0.25, 0.3) is 5.69 Å². The molecule has 198 valence electrons. The molecule has 39 heavy (non-hydrogen) atoms. The van der Waals surface area contributed by atoms with Crippen LogP contribution in [0.15, 0.2) is 77.0 Å². The summed E-state index contributed by atoms with van der Waals surface area (Å²) in [6, 6.07) is 21.4. The molecule has 0 saturated heterocycles. The van der Waals surface area contributed by atoms with Gasteiger partial charge in [-0.25, -0.2) is 4.98 Å². The van der Waals surface area contributed by atoms with Crippen LogP contribution >= 0.6 is 11.3 Å². The number of ether oxygens (including phenoxy) is 1. The van der Waals surface area contributed by atoms with Crippen LogP contribution in [0.25, 0.3) is 10.2 Å². The Bertz CT molecular complexity index is 1510. The molecule has 0 unspecified atom stereocenters. The molecule has 4 aromatic rings. The first-order valence-corrected chi connectivity index (χ1v) is 12.8. The zero-order valence-electron chi connectivity index (χ0n) is 20.8. The third kappa shape index (κ3) is 7.80. The Labute approximate surface area is 227 Å². The first kappa shape index (κ1) is 27.2. The minimum Gasteiger partial charge on any atom is -0.492 e. The van der Waals surface area contributed by atoms with E-state index in [-0.39, 0.29) is 12.1 Å². The highest BCUT2D eigenvalue weighted by Crippen LogP contribution is 2.32. The van der Waals surface area contributed by atoms with Gasteiger partial charge in [0.15, 0.2) is 0 Å². The van der Waals surface area contributed by atoms with E-state index in [2.05, 4.69) is 21.3 Å². The molecule has 0 bridgehead atoms. The molecular formula is C27H24N6O5S. The molecule has 0 aliphatic rings. The minimum absolute atomic E-state index is 0.00229. The summed E-state index contributed by atoms with van der Waals surface area (Å²) in [5, 5.41) is 37.7. The Morgan fingerprint density at radius 2 is 1.87 bits per heavy atom. The maximum Gasteiger partial charge on any atom is 0.303 e. The summed E-state index contributed by atoms with van der Waals surface area (Å²) in [6.45, 7) is 1.49. The van der Waals surface area contributed by atoms with Crippen LogP contribution in [0, 0.1) is 21.4 Å². The summed E-state index contributed by atoms with van der Waals surface area (Å²) >= 11 is 1.22. The second kappa shape index (κ2) is 13.1. The quantitative estimate of drug-likeness (QED) is 0.115. The fraction of sp³-hybridized carbons (Fsp3) is 0.222. The number of hydrogen-bond acceptors (Lipinski definition) is 10. The molecule has 1 N–H and O–H groups in total. The van der Waals surface area contributed by atoms with E-state index in [0.717, 1.165) is 11.3 Å². The lowest BCUT2D eigenvalue weighted by Crippen LogP contribution is -2.29. The maximum absolute atomic E-state index is 11.0. The highest BCUT2D eigenvalue weighted by atomic mass is 32.1. The first-order chi connectivity index (χ1) is 18.9. The van der Waals surface area contributed by atoms with Crippen molar-refractivity contribution in [1.29, 1.82) is 5.26 Å². The van der Waals surface area contributed by atoms with Gasteiger partial charge in [0.2, 0.25) is 5.13 Å². The zero-order chi connectivity index (χ0) is 27.6. The number of rotatable bonds is 13. The van der Waals surface area contributed by atoms with Crippen LogP contribution in [0.2, 0.25) is 0 Å². The number of thiazole rings is 1. The first-order valence-electron chi connectivity index (χ1n) is 12.0. The lowest BCUT2D eigenvalue weighted by atomic mass is 10.1. The van der Waals surface area contributed by atoms with Gasteiger partial charge in [-0.05, 0) is 54.4 Å². The number of carboxylic acids is 1. The smallest absolute Gasteiger partial charge is 0.303 e. The summed E-state index contributed by atoms with van der Waals surface area (Å²) < 4.78 is 6.52. The number of azo groups is 1. The Morgan fingerprint density at radius 3 is 2.56 bits per heavy atom. The molecular weight excluding hydrogens is 520 g/mol. The highest BCUT2D eigenvalue weighted by molar-refractivity contribution is 7.21. The Balaban J connectivity index is 1.35. The summed E-state index contributed by atoms with van der Waals surface area (Å²) in [5.74, 6) is -0.137.